The van der Waals surface area contributed by atoms with E-state index in [-0.39, 0.29) is 10.8 Å². The summed E-state index contributed by atoms with van der Waals surface area (Å²) in [5, 5.41) is 0. The number of hydrogen-bond acceptors (Lipinski definition) is 1. The number of anilines is 3. The molecule has 5 aliphatic rings. The molecule has 6 aromatic rings. The van der Waals surface area contributed by atoms with Gasteiger partial charge in [0.2, 0.25) is 0 Å². The summed E-state index contributed by atoms with van der Waals surface area (Å²) in [6.45, 7) is 4.92. The monoisotopic (exact) mass is 631 g/mol. The van der Waals surface area contributed by atoms with E-state index in [9.17, 15) is 0 Å². The van der Waals surface area contributed by atoms with E-state index >= 15 is 0 Å². The molecule has 1 spiro atoms. The molecule has 1 nitrogen and oxygen atoms in total. The Morgan fingerprint density at radius 1 is 0.571 bits per heavy atom. The third-order valence-electron chi connectivity index (χ3n) is 13.7. The van der Waals surface area contributed by atoms with Gasteiger partial charge in [0.15, 0.2) is 0 Å². The van der Waals surface area contributed by atoms with Gasteiger partial charge in [0, 0.05) is 16.5 Å². The highest BCUT2D eigenvalue weighted by Crippen LogP contribution is 2.67. The van der Waals surface area contributed by atoms with E-state index < -0.39 is 0 Å². The molecule has 0 N–H and O–H groups in total. The minimum atomic E-state index is -0.248. The largest absolute Gasteiger partial charge is 0.310 e. The maximum Gasteiger partial charge on any atom is 0.0512 e. The summed E-state index contributed by atoms with van der Waals surface area (Å²) in [4.78, 5) is 2.59. The minimum Gasteiger partial charge on any atom is -0.310 e. The van der Waals surface area contributed by atoms with Gasteiger partial charge in [-0.05, 0) is 135 Å². The van der Waals surface area contributed by atoms with Crippen LogP contribution < -0.4 is 4.90 Å². The molecule has 0 aromatic heterocycles. The summed E-state index contributed by atoms with van der Waals surface area (Å²) in [6, 6.07) is 51.3. The lowest BCUT2D eigenvalue weighted by molar-refractivity contribution is 0.144. The normalized spacial score (nSPS) is 26.2. The zero-order valence-electron chi connectivity index (χ0n) is 28.4. The molecular weight excluding hydrogens is 591 g/mol. The van der Waals surface area contributed by atoms with Gasteiger partial charge in [-0.25, -0.2) is 0 Å². The average molecular weight is 632 g/mol. The standard InChI is InChI=1S/C48H41N/c1-3-33-26-30-20-22-34(27-30)48(33)41-18-10-8-15-37(41)39-29-35(23-24-42(39)48)49-44-25-21-32(31-12-5-4-6-13-31)28-43(44)47(2)40-17-9-7-14-36(40)38-16-11-19-45(49)46(38)47/h4-19,21,23-25,28-30,33-34H,3,20,22,26-27H2,1-2H3/t30-,33+,34-,47?,48+/m1/s1. The predicted octanol–water partition coefficient (Wildman–Crippen LogP) is 12.6. The Balaban J connectivity index is 1.17. The molecule has 4 aliphatic carbocycles. The van der Waals surface area contributed by atoms with E-state index in [4.69, 9.17) is 0 Å². The molecule has 2 bridgehead atoms. The van der Waals surface area contributed by atoms with Gasteiger partial charge in [0.05, 0.1) is 11.4 Å². The van der Waals surface area contributed by atoms with Gasteiger partial charge in [-0.3, -0.25) is 0 Å². The van der Waals surface area contributed by atoms with E-state index in [1.807, 2.05) is 0 Å². The van der Waals surface area contributed by atoms with Crippen molar-refractivity contribution in [2.45, 2.75) is 56.8 Å². The van der Waals surface area contributed by atoms with Crippen molar-refractivity contribution in [3.63, 3.8) is 0 Å². The number of hydrogen-bond donors (Lipinski definition) is 0. The van der Waals surface area contributed by atoms with Crippen molar-refractivity contribution in [3.8, 4) is 33.4 Å². The Bertz CT molecular complexity index is 2330. The number of rotatable bonds is 3. The molecule has 11 rings (SSSR count). The maximum absolute atomic E-state index is 2.59. The molecular formula is C48H41N. The molecule has 5 atom stereocenters. The van der Waals surface area contributed by atoms with Gasteiger partial charge in [0.1, 0.15) is 0 Å². The lowest BCUT2D eigenvalue weighted by Gasteiger charge is -2.48. The summed E-state index contributed by atoms with van der Waals surface area (Å²) in [5.41, 5.74) is 19.4. The first-order chi connectivity index (χ1) is 24.1. The maximum atomic E-state index is 2.59. The highest BCUT2D eigenvalue weighted by molar-refractivity contribution is 5.98. The van der Waals surface area contributed by atoms with Crippen LogP contribution in [0.5, 0.6) is 0 Å². The zero-order chi connectivity index (χ0) is 32.5. The summed E-state index contributed by atoms with van der Waals surface area (Å²) >= 11 is 0. The smallest absolute Gasteiger partial charge is 0.0512 e. The zero-order valence-corrected chi connectivity index (χ0v) is 28.4. The fourth-order valence-corrected chi connectivity index (χ4v) is 11.9. The Morgan fingerprint density at radius 2 is 1.31 bits per heavy atom. The molecule has 6 aromatic carbocycles. The van der Waals surface area contributed by atoms with Crippen LogP contribution in [-0.4, -0.2) is 0 Å². The predicted molar refractivity (Wildman–Crippen MR) is 203 cm³/mol. The Morgan fingerprint density at radius 3 is 2.14 bits per heavy atom. The van der Waals surface area contributed by atoms with Crippen LogP contribution in [0.2, 0.25) is 0 Å². The number of nitrogens with zero attached hydrogens (tertiary/aromatic N) is 1. The molecule has 1 aliphatic heterocycles. The van der Waals surface area contributed by atoms with Gasteiger partial charge >= 0.3 is 0 Å². The molecule has 2 saturated carbocycles. The second-order valence-corrected chi connectivity index (χ2v) is 15.7. The lowest BCUT2D eigenvalue weighted by Crippen LogP contribution is -2.44. The van der Waals surface area contributed by atoms with Crippen molar-refractivity contribution in [2.24, 2.45) is 17.8 Å². The van der Waals surface area contributed by atoms with E-state index in [1.165, 1.54) is 99.2 Å². The fraction of sp³-hybridized carbons (Fsp3) is 0.250. The summed E-state index contributed by atoms with van der Waals surface area (Å²) in [6.07, 6.45) is 6.80. The molecule has 49 heavy (non-hydrogen) atoms. The van der Waals surface area contributed by atoms with Crippen molar-refractivity contribution >= 4 is 17.1 Å². The van der Waals surface area contributed by atoms with Crippen LogP contribution in [-0.2, 0) is 10.8 Å². The second kappa shape index (κ2) is 9.85. The first-order valence-electron chi connectivity index (χ1n) is 18.6. The Hall–Kier alpha value is -4.88. The highest BCUT2D eigenvalue weighted by atomic mass is 15.2. The molecule has 0 amide bonds. The summed E-state index contributed by atoms with van der Waals surface area (Å²) in [5.74, 6) is 2.36. The van der Waals surface area contributed by atoms with Crippen LogP contribution in [0.1, 0.15) is 73.8 Å². The summed E-state index contributed by atoms with van der Waals surface area (Å²) < 4.78 is 0. The van der Waals surface area contributed by atoms with Crippen LogP contribution in [0.25, 0.3) is 33.4 Å². The van der Waals surface area contributed by atoms with Crippen molar-refractivity contribution in [3.05, 3.63) is 161 Å². The van der Waals surface area contributed by atoms with E-state index in [0.717, 1.165) is 11.8 Å². The Labute approximate surface area is 290 Å². The van der Waals surface area contributed by atoms with E-state index in [1.54, 1.807) is 11.1 Å². The van der Waals surface area contributed by atoms with Crippen LogP contribution >= 0.6 is 0 Å². The number of fused-ring (bicyclic) bond motifs is 13. The van der Waals surface area contributed by atoms with Crippen molar-refractivity contribution < 1.29 is 0 Å². The van der Waals surface area contributed by atoms with Crippen LogP contribution in [0.4, 0.5) is 17.1 Å². The van der Waals surface area contributed by atoms with Gasteiger partial charge in [-0.1, -0.05) is 123 Å². The average Bonchev–Trinajstić information content (AvgIpc) is 3.79. The first-order valence-corrected chi connectivity index (χ1v) is 18.6. The van der Waals surface area contributed by atoms with Gasteiger partial charge in [-0.2, -0.15) is 0 Å². The molecule has 1 heteroatoms. The summed E-state index contributed by atoms with van der Waals surface area (Å²) in [7, 11) is 0. The van der Waals surface area contributed by atoms with Gasteiger partial charge in [-0.15, -0.1) is 0 Å². The highest BCUT2D eigenvalue weighted by Gasteiger charge is 2.58. The van der Waals surface area contributed by atoms with Crippen LogP contribution in [0.15, 0.2) is 133 Å². The third-order valence-corrected chi connectivity index (χ3v) is 13.7. The van der Waals surface area contributed by atoms with Crippen LogP contribution in [0.3, 0.4) is 0 Å². The number of benzene rings is 6. The molecule has 238 valence electrons. The molecule has 1 heterocycles. The van der Waals surface area contributed by atoms with Crippen molar-refractivity contribution in [1.82, 2.24) is 0 Å². The van der Waals surface area contributed by atoms with Gasteiger partial charge in [0.25, 0.3) is 0 Å². The first kappa shape index (κ1) is 28.0. The topological polar surface area (TPSA) is 3.24 Å². The SMILES string of the molecule is CC[C@H]1C[C@H]2CC[C@H](C2)[C@]12c1ccccc1-c1cc(N3c4ccc(-c5ccccc5)cc4C4(C)c5ccccc5-c5cccc3c54)ccc12. The molecule has 0 radical (unpaired) electrons. The minimum absolute atomic E-state index is 0.144. The van der Waals surface area contributed by atoms with E-state index in [2.05, 4.69) is 152 Å². The fourth-order valence-electron chi connectivity index (χ4n) is 11.9. The second-order valence-electron chi connectivity index (χ2n) is 15.7. The molecule has 1 unspecified atom stereocenters. The van der Waals surface area contributed by atoms with Crippen molar-refractivity contribution in [1.29, 1.82) is 0 Å². The van der Waals surface area contributed by atoms with E-state index in [0.29, 0.717) is 5.92 Å². The van der Waals surface area contributed by atoms with Crippen molar-refractivity contribution in [2.75, 3.05) is 4.90 Å². The Kier molecular flexibility index (Phi) is 5.63. The molecule has 0 saturated heterocycles. The molecule has 2 fully saturated rings. The van der Waals surface area contributed by atoms with Crippen LogP contribution in [0, 0.1) is 17.8 Å². The lowest BCUT2D eigenvalue weighted by atomic mass is 9.55. The quantitative estimate of drug-likeness (QED) is 0.188. The third kappa shape index (κ3) is 3.41. The van der Waals surface area contributed by atoms with Gasteiger partial charge < -0.3 is 4.90 Å².